The van der Waals surface area contributed by atoms with Crippen molar-refractivity contribution in [2.75, 3.05) is 13.7 Å². The molecule has 0 radical (unpaired) electrons. The number of hydrogen-bond donors (Lipinski definition) is 2. The minimum absolute atomic E-state index is 0.259. The molecular weight excluding hydrogens is 245 g/mol. The molecule has 0 amide bonds. The molecule has 0 saturated heterocycles. The summed E-state index contributed by atoms with van der Waals surface area (Å²) in [5, 5.41) is 13.5. The van der Waals surface area contributed by atoms with Gasteiger partial charge in [-0.15, -0.1) is 0 Å². The van der Waals surface area contributed by atoms with Crippen molar-refractivity contribution in [2.45, 2.75) is 44.2 Å². The Morgan fingerprint density at radius 2 is 2.05 bits per heavy atom. The first-order valence-electron chi connectivity index (χ1n) is 6.88. The molecule has 3 nitrogen and oxygen atoms in total. The Labute approximate surface area is 113 Å². The molecule has 4 heteroatoms. The lowest BCUT2D eigenvalue weighted by Crippen LogP contribution is -2.41. The van der Waals surface area contributed by atoms with Gasteiger partial charge in [0.25, 0.3) is 0 Å². The van der Waals surface area contributed by atoms with Crippen molar-refractivity contribution in [2.24, 2.45) is 0 Å². The van der Waals surface area contributed by atoms with Crippen molar-refractivity contribution < 1.29 is 14.2 Å². The van der Waals surface area contributed by atoms with E-state index in [2.05, 4.69) is 5.32 Å². The van der Waals surface area contributed by atoms with Gasteiger partial charge in [0.1, 0.15) is 0 Å². The molecule has 2 rings (SSSR count). The van der Waals surface area contributed by atoms with Gasteiger partial charge in [0, 0.05) is 13.1 Å². The average Bonchev–Trinajstić information content (AvgIpc) is 2.39. The summed E-state index contributed by atoms with van der Waals surface area (Å²) in [6.07, 6.45) is 5.12. The van der Waals surface area contributed by atoms with Crippen LogP contribution in [0.4, 0.5) is 4.39 Å². The maximum absolute atomic E-state index is 13.5. The second kappa shape index (κ2) is 6.35. The first-order chi connectivity index (χ1) is 9.13. The fourth-order valence-electron chi connectivity index (χ4n) is 2.65. The molecular formula is C15H22FNO2. The number of hydrogen-bond acceptors (Lipinski definition) is 3. The summed E-state index contributed by atoms with van der Waals surface area (Å²) in [4.78, 5) is 0. The van der Waals surface area contributed by atoms with Gasteiger partial charge in [-0.05, 0) is 30.5 Å². The highest BCUT2D eigenvalue weighted by Gasteiger charge is 2.28. The van der Waals surface area contributed by atoms with Crippen LogP contribution >= 0.6 is 0 Å². The van der Waals surface area contributed by atoms with Crippen LogP contribution in [0.15, 0.2) is 18.2 Å². The highest BCUT2D eigenvalue weighted by Crippen LogP contribution is 2.27. The fraction of sp³-hybridized carbons (Fsp3) is 0.600. The maximum Gasteiger partial charge on any atom is 0.165 e. The lowest BCUT2D eigenvalue weighted by atomic mass is 9.85. The number of methoxy groups -OCH3 is 1. The fourth-order valence-corrected chi connectivity index (χ4v) is 2.65. The summed E-state index contributed by atoms with van der Waals surface area (Å²) < 4.78 is 18.4. The zero-order valence-electron chi connectivity index (χ0n) is 11.4. The first kappa shape index (κ1) is 14.3. The molecule has 0 aromatic heterocycles. The summed E-state index contributed by atoms with van der Waals surface area (Å²) in [7, 11) is 1.45. The molecule has 1 aromatic rings. The summed E-state index contributed by atoms with van der Waals surface area (Å²) in [6, 6.07) is 4.93. The molecule has 1 aliphatic carbocycles. The van der Waals surface area contributed by atoms with Gasteiger partial charge < -0.3 is 15.2 Å². The topological polar surface area (TPSA) is 41.5 Å². The minimum Gasteiger partial charge on any atom is -0.494 e. The first-order valence-corrected chi connectivity index (χ1v) is 6.88. The van der Waals surface area contributed by atoms with E-state index in [0.717, 1.165) is 31.2 Å². The third-order valence-electron chi connectivity index (χ3n) is 3.78. The van der Waals surface area contributed by atoms with E-state index >= 15 is 0 Å². The van der Waals surface area contributed by atoms with E-state index in [1.807, 2.05) is 6.07 Å². The Bertz CT molecular complexity index is 417. The Balaban J connectivity index is 1.83. The molecule has 0 unspecified atom stereocenters. The van der Waals surface area contributed by atoms with Crippen molar-refractivity contribution >= 4 is 0 Å². The molecule has 0 spiro atoms. The predicted molar refractivity (Wildman–Crippen MR) is 72.7 cm³/mol. The molecule has 106 valence electrons. The monoisotopic (exact) mass is 267 g/mol. The summed E-state index contributed by atoms with van der Waals surface area (Å²) in [6.45, 7) is 1.13. The molecule has 1 aliphatic rings. The number of rotatable bonds is 5. The Morgan fingerprint density at radius 3 is 2.68 bits per heavy atom. The van der Waals surface area contributed by atoms with Crippen LogP contribution in [0, 0.1) is 5.82 Å². The van der Waals surface area contributed by atoms with Gasteiger partial charge in [-0.2, -0.15) is 0 Å². The van der Waals surface area contributed by atoms with Crippen LogP contribution < -0.4 is 10.1 Å². The van der Waals surface area contributed by atoms with E-state index in [-0.39, 0.29) is 11.6 Å². The van der Waals surface area contributed by atoms with Gasteiger partial charge in [0.2, 0.25) is 0 Å². The SMILES string of the molecule is COc1ccc(CNCC2(O)CCCCC2)cc1F. The number of halogens is 1. The van der Waals surface area contributed by atoms with E-state index < -0.39 is 5.60 Å². The van der Waals surface area contributed by atoms with Crippen LogP contribution in [0.25, 0.3) is 0 Å². The molecule has 19 heavy (non-hydrogen) atoms. The third kappa shape index (κ3) is 3.91. The van der Waals surface area contributed by atoms with Crippen molar-refractivity contribution in [3.05, 3.63) is 29.6 Å². The molecule has 0 aliphatic heterocycles. The van der Waals surface area contributed by atoms with Gasteiger partial charge in [0.05, 0.1) is 12.7 Å². The largest absolute Gasteiger partial charge is 0.494 e. The van der Waals surface area contributed by atoms with E-state index in [9.17, 15) is 9.50 Å². The van der Waals surface area contributed by atoms with E-state index in [4.69, 9.17) is 4.74 Å². The van der Waals surface area contributed by atoms with Crippen LogP contribution in [-0.2, 0) is 6.54 Å². The van der Waals surface area contributed by atoms with E-state index in [0.29, 0.717) is 13.1 Å². The van der Waals surface area contributed by atoms with Gasteiger partial charge in [-0.25, -0.2) is 4.39 Å². The second-order valence-electron chi connectivity index (χ2n) is 5.36. The van der Waals surface area contributed by atoms with E-state index in [1.165, 1.54) is 19.6 Å². The van der Waals surface area contributed by atoms with E-state index in [1.54, 1.807) is 6.07 Å². The number of benzene rings is 1. The maximum atomic E-state index is 13.5. The second-order valence-corrected chi connectivity index (χ2v) is 5.36. The summed E-state index contributed by atoms with van der Waals surface area (Å²) in [5.41, 5.74) is 0.279. The summed E-state index contributed by atoms with van der Waals surface area (Å²) in [5.74, 6) is -0.0900. The molecule has 0 atom stereocenters. The normalized spacial score (nSPS) is 18.3. The van der Waals surface area contributed by atoms with Crippen molar-refractivity contribution in [1.29, 1.82) is 0 Å². The third-order valence-corrected chi connectivity index (χ3v) is 3.78. The van der Waals surface area contributed by atoms with Gasteiger partial charge in [-0.3, -0.25) is 0 Å². The smallest absolute Gasteiger partial charge is 0.165 e. The highest BCUT2D eigenvalue weighted by molar-refractivity contribution is 5.29. The Morgan fingerprint density at radius 1 is 1.32 bits per heavy atom. The van der Waals surface area contributed by atoms with Crippen LogP contribution in [-0.4, -0.2) is 24.4 Å². The molecule has 1 aromatic carbocycles. The quantitative estimate of drug-likeness (QED) is 0.861. The van der Waals surface area contributed by atoms with Gasteiger partial charge in [-0.1, -0.05) is 25.3 Å². The molecule has 0 heterocycles. The minimum atomic E-state index is -0.580. The Kier molecular flexibility index (Phi) is 4.77. The average molecular weight is 267 g/mol. The zero-order chi connectivity index (χ0) is 13.7. The van der Waals surface area contributed by atoms with Gasteiger partial charge >= 0.3 is 0 Å². The molecule has 1 saturated carbocycles. The number of nitrogens with one attached hydrogen (secondary N) is 1. The standard InChI is InChI=1S/C15H22FNO2/c1-19-14-6-5-12(9-13(14)16)10-17-11-15(18)7-3-2-4-8-15/h5-6,9,17-18H,2-4,7-8,10-11H2,1H3. The van der Waals surface area contributed by atoms with Crippen LogP contribution in [0.5, 0.6) is 5.75 Å². The van der Waals surface area contributed by atoms with Crippen molar-refractivity contribution in [3.63, 3.8) is 0 Å². The van der Waals surface area contributed by atoms with Gasteiger partial charge in [0.15, 0.2) is 11.6 Å². The lowest BCUT2D eigenvalue weighted by molar-refractivity contribution is 0.00467. The lowest BCUT2D eigenvalue weighted by Gasteiger charge is -2.32. The van der Waals surface area contributed by atoms with Crippen LogP contribution in [0.3, 0.4) is 0 Å². The molecule has 0 bridgehead atoms. The Hall–Kier alpha value is -1.13. The number of aliphatic hydroxyl groups is 1. The number of ether oxygens (including phenoxy) is 1. The van der Waals surface area contributed by atoms with Crippen LogP contribution in [0.2, 0.25) is 0 Å². The molecule has 1 fully saturated rings. The van der Waals surface area contributed by atoms with Crippen molar-refractivity contribution in [3.8, 4) is 5.75 Å². The van der Waals surface area contributed by atoms with Crippen LogP contribution in [0.1, 0.15) is 37.7 Å². The zero-order valence-corrected chi connectivity index (χ0v) is 11.4. The molecule has 2 N–H and O–H groups in total. The van der Waals surface area contributed by atoms with Crippen molar-refractivity contribution in [1.82, 2.24) is 5.32 Å². The predicted octanol–water partition coefficient (Wildman–Crippen LogP) is 2.62. The highest BCUT2D eigenvalue weighted by atomic mass is 19.1. The summed E-state index contributed by atoms with van der Waals surface area (Å²) >= 11 is 0.